The van der Waals surface area contributed by atoms with Crippen molar-refractivity contribution < 1.29 is 14.4 Å². The predicted octanol–water partition coefficient (Wildman–Crippen LogP) is 2.24. The largest absolute Gasteiger partial charge is 0.338 e. The molecule has 136 valence electrons. The molecule has 4 amide bonds. The van der Waals surface area contributed by atoms with Crippen molar-refractivity contribution in [2.75, 3.05) is 25.0 Å². The fraction of sp³-hybridized carbons (Fsp3) is 0.438. The maximum absolute atomic E-state index is 12.5. The van der Waals surface area contributed by atoms with Gasteiger partial charge in [0.15, 0.2) is 0 Å². The van der Waals surface area contributed by atoms with Crippen molar-refractivity contribution in [3.8, 4) is 0 Å². The maximum Gasteiger partial charge on any atom is 0.321 e. The summed E-state index contributed by atoms with van der Waals surface area (Å²) in [5.74, 6) is -0.692. The van der Waals surface area contributed by atoms with E-state index >= 15 is 0 Å². The number of nitrogens with one attached hydrogen (secondary N) is 3. The number of carbonyl (C=O) groups excluding carboxylic acids is 3. The van der Waals surface area contributed by atoms with Gasteiger partial charge in [0.1, 0.15) is 0 Å². The molecular formula is C16H20Cl2N4O3. The minimum atomic E-state index is -0.541. The van der Waals surface area contributed by atoms with Crippen LogP contribution in [0.25, 0.3) is 0 Å². The van der Waals surface area contributed by atoms with Gasteiger partial charge in [-0.1, -0.05) is 23.2 Å². The summed E-state index contributed by atoms with van der Waals surface area (Å²) >= 11 is 11.9. The number of amides is 4. The number of nitrogens with zero attached hydrogens (tertiary/aromatic N) is 1. The molecule has 0 radical (unpaired) electrons. The minimum Gasteiger partial charge on any atom is -0.338 e. The number of benzene rings is 1. The zero-order chi connectivity index (χ0) is 18.4. The van der Waals surface area contributed by atoms with Crippen molar-refractivity contribution in [1.82, 2.24) is 15.5 Å². The third-order valence-electron chi connectivity index (χ3n) is 3.79. The van der Waals surface area contributed by atoms with Crippen molar-refractivity contribution in [2.45, 2.75) is 25.8 Å². The molecule has 9 heteroatoms. The molecule has 0 aromatic heterocycles. The van der Waals surface area contributed by atoms with Crippen molar-refractivity contribution in [3.05, 3.63) is 28.2 Å². The lowest BCUT2D eigenvalue weighted by atomic mass is 10.2. The van der Waals surface area contributed by atoms with E-state index in [1.165, 1.54) is 0 Å². The first-order chi connectivity index (χ1) is 11.9. The standard InChI is InChI=1S/C16H20Cl2N4O3/c1-2-19-16(25)21-14(23)9-22-7-3-4-13(22)15(24)20-12-6-5-10(17)8-11(12)18/h5-6,8,13H,2-4,7,9H2,1H3,(H,20,24)(H2,19,21,23,25)/t13-/m0/s1. The van der Waals surface area contributed by atoms with Gasteiger partial charge >= 0.3 is 6.03 Å². The second kappa shape index (κ2) is 9.03. The van der Waals surface area contributed by atoms with Gasteiger partial charge in [-0.25, -0.2) is 4.79 Å². The average molecular weight is 387 g/mol. The average Bonchev–Trinajstić information content (AvgIpc) is 2.98. The lowest BCUT2D eigenvalue weighted by Crippen LogP contribution is -2.48. The zero-order valence-electron chi connectivity index (χ0n) is 13.8. The molecule has 1 aliphatic heterocycles. The molecular weight excluding hydrogens is 367 g/mol. The Kier molecular flexibility index (Phi) is 7.04. The lowest BCUT2D eigenvalue weighted by Gasteiger charge is -2.23. The van der Waals surface area contributed by atoms with Crippen LogP contribution >= 0.6 is 23.2 Å². The van der Waals surface area contributed by atoms with E-state index in [4.69, 9.17) is 23.2 Å². The summed E-state index contributed by atoms with van der Waals surface area (Å²) in [5, 5.41) is 8.31. The van der Waals surface area contributed by atoms with Crippen LogP contribution in [0.2, 0.25) is 10.0 Å². The quantitative estimate of drug-likeness (QED) is 0.723. The van der Waals surface area contributed by atoms with Crippen molar-refractivity contribution in [2.24, 2.45) is 0 Å². The second-order valence-corrected chi connectivity index (χ2v) is 6.49. The lowest BCUT2D eigenvalue weighted by molar-refractivity contribution is -0.124. The molecule has 1 saturated heterocycles. The van der Waals surface area contributed by atoms with Crippen LogP contribution in [-0.4, -0.2) is 48.4 Å². The van der Waals surface area contributed by atoms with Crippen LogP contribution in [0.15, 0.2) is 18.2 Å². The highest BCUT2D eigenvalue weighted by Gasteiger charge is 2.32. The van der Waals surface area contributed by atoms with Gasteiger partial charge in [0.2, 0.25) is 11.8 Å². The number of urea groups is 1. The highest BCUT2D eigenvalue weighted by Crippen LogP contribution is 2.26. The van der Waals surface area contributed by atoms with Crippen LogP contribution in [0, 0.1) is 0 Å². The molecule has 3 N–H and O–H groups in total. The molecule has 1 heterocycles. The summed E-state index contributed by atoms with van der Waals surface area (Å²) in [6, 6.07) is 3.82. The first-order valence-corrected chi connectivity index (χ1v) is 8.74. The molecule has 0 saturated carbocycles. The number of carbonyl (C=O) groups is 3. The molecule has 0 unspecified atom stereocenters. The Balaban J connectivity index is 1.94. The number of likely N-dealkylation sites (tertiary alicyclic amines) is 1. The summed E-state index contributed by atoms with van der Waals surface area (Å²) in [5.41, 5.74) is 0.467. The Labute approximate surface area is 156 Å². The van der Waals surface area contributed by atoms with E-state index in [1.54, 1.807) is 30.0 Å². The third kappa shape index (κ3) is 5.59. The zero-order valence-corrected chi connectivity index (χ0v) is 15.3. The monoisotopic (exact) mass is 386 g/mol. The Bertz CT molecular complexity index is 669. The van der Waals surface area contributed by atoms with Gasteiger partial charge in [0.25, 0.3) is 0 Å². The summed E-state index contributed by atoms with van der Waals surface area (Å²) in [7, 11) is 0. The molecule has 25 heavy (non-hydrogen) atoms. The fourth-order valence-corrected chi connectivity index (χ4v) is 3.13. The molecule has 0 bridgehead atoms. The van der Waals surface area contributed by atoms with E-state index in [0.29, 0.717) is 35.2 Å². The molecule has 0 spiro atoms. The van der Waals surface area contributed by atoms with Crippen molar-refractivity contribution in [3.63, 3.8) is 0 Å². The van der Waals surface area contributed by atoms with Gasteiger partial charge in [-0.3, -0.25) is 19.8 Å². The minimum absolute atomic E-state index is 0.0242. The van der Waals surface area contributed by atoms with Gasteiger partial charge < -0.3 is 10.6 Å². The van der Waals surface area contributed by atoms with Crippen molar-refractivity contribution in [1.29, 1.82) is 0 Å². The van der Waals surface area contributed by atoms with E-state index in [-0.39, 0.29) is 12.5 Å². The molecule has 1 aromatic carbocycles. The van der Waals surface area contributed by atoms with E-state index in [1.807, 2.05) is 0 Å². The van der Waals surface area contributed by atoms with Crippen LogP contribution in [0.3, 0.4) is 0 Å². The summed E-state index contributed by atoms with van der Waals surface area (Å²) in [4.78, 5) is 37.6. The van der Waals surface area contributed by atoms with E-state index < -0.39 is 18.0 Å². The highest BCUT2D eigenvalue weighted by molar-refractivity contribution is 6.36. The molecule has 1 aromatic rings. The number of anilines is 1. The maximum atomic E-state index is 12.5. The molecule has 2 rings (SSSR count). The number of rotatable bonds is 5. The molecule has 7 nitrogen and oxygen atoms in total. The van der Waals surface area contributed by atoms with Crippen LogP contribution < -0.4 is 16.0 Å². The van der Waals surface area contributed by atoms with E-state index in [0.717, 1.165) is 6.42 Å². The topological polar surface area (TPSA) is 90.5 Å². The normalized spacial score (nSPS) is 17.2. The number of hydrogen-bond donors (Lipinski definition) is 3. The van der Waals surface area contributed by atoms with Gasteiger partial charge in [-0.2, -0.15) is 0 Å². The second-order valence-electron chi connectivity index (χ2n) is 5.65. The third-order valence-corrected chi connectivity index (χ3v) is 4.34. The van der Waals surface area contributed by atoms with Crippen LogP contribution in [0.1, 0.15) is 19.8 Å². The summed E-state index contributed by atoms with van der Waals surface area (Å²) in [6.45, 7) is 2.77. The van der Waals surface area contributed by atoms with Crippen LogP contribution in [0.4, 0.5) is 10.5 Å². The Morgan fingerprint density at radius 2 is 2.04 bits per heavy atom. The number of imide groups is 1. The number of halogens is 2. The molecule has 0 aliphatic carbocycles. The Morgan fingerprint density at radius 1 is 1.28 bits per heavy atom. The highest BCUT2D eigenvalue weighted by atomic mass is 35.5. The summed E-state index contributed by atoms with van der Waals surface area (Å²) < 4.78 is 0. The fourth-order valence-electron chi connectivity index (χ4n) is 2.67. The van der Waals surface area contributed by atoms with E-state index in [2.05, 4.69) is 16.0 Å². The van der Waals surface area contributed by atoms with Gasteiger partial charge in [0.05, 0.1) is 23.3 Å². The number of hydrogen-bond acceptors (Lipinski definition) is 4. The molecule has 1 aliphatic rings. The van der Waals surface area contributed by atoms with E-state index in [9.17, 15) is 14.4 Å². The van der Waals surface area contributed by atoms with Crippen LogP contribution in [-0.2, 0) is 9.59 Å². The Hall–Kier alpha value is -1.83. The summed E-state index contributed by atoms with van der Waals surface area (Å²) in [6.07, 6.45) is 1.42. The Morgan fingerprint density at radius 3 is 2.72 bits per heavy atom. The first-order valence-electron chi connectivity index (χ1n) is 7.98. The first kappa shape index (κ1) is 19.5. The molecule has 1 atom stereocenters. The SMILES string of the molecule is CCNC(=O)NC(=O)CN1CCC[C@H]1C(=O)Nc1ccc(Cl)cc1Cl. The smallest absolute Gasteiger partial charge is 0.321 e. The van der Waals surface area contributed by atoms with Crippen molar-refractivity contribution >= 4 is 46.7 Å². The van der Waals surface area contributed by atoms with Crippen LogP contribution in [0.5, 0.6) is 0 Å². The molecule has 1 fully saturated rings. The van der Waals surface area contributed by atoms with Gasteiger partial charge in [0, 0.05) is 11.6 Å². The predicted molar refractivity (Wildman–Crippen MR) is 96.9 cm³/mol. The van der Waals surface area contributed by atoms with Gasteiger partial charge in [-0.05, 0) is 44.5 Å². The van der Waals surface area contributed by atoms with Gasteiger partial charge in [-0.15, -0.1) is 0 Å².